The summed E-state index contributed by atoms with van der Waals surface area (Å²) in [4.78, 5) is 14.5. The molecule has 10 aromatic rings. The number of thiophene rings is 1. The SMILES string of the molecule is [2H]c1ccc(-c2cccc(-n3c4ccccc4c4cc5sc6ccccc6c5cc43)c2)c([2H])c1-c1nc(-c2ccccc2)nc(-c2ccccc2)n1. The van der Waals surface area contributed by atoms with E-state index in [4.69, 9.17) is 16.3 Å². The van der Waals surface area contributed by atoms with Crippen molar-refractivity contribution in [3.63, 3.8) is 0 Å². The molecule has 0 amide bonds. The van der Waals surface area contributed by atoms with Gasteiger partial charge in [0.1, 0.15) is 0 Å². The van der Waals surface area contributed by atoms with Crippen molar-refractivity contribution in [3.8, 4) is 51.0 Å². The monoisotopic (exact) mass is 658 g/mol. The Labute approximate surface area is 295 Å². The van der Waals surface area contributed by atoms with Crippen LogP contribution in [0.2, 0.25) is 0 Å². The Bertz CT molecular complexity index is 2930. The normalized spacial score (nSPS) is 12.2. The van der Waals surface area contributed by atoms with Gasteiger partial charge in [0.2, 0.25) is 0 Å². The fourth-order valence-corrected chi connectivity index (χ4v) is 8.03. The number of rotatable bonds is 5. The maximum atomic E-state index is 9.54. The molecular formula is C45H28N4S. The van der Waals surface area contributed by atoms with E-state index in [0.29, 0.717) is 28.6 Å². The minimum Gasteiger partial charge on any atom is -0.309 e. The van der Waals surface area contributed by atoms with Gasteiger partial charge in [0.05, 0.1) is 13.8 Å². The maximum Gasteiger partial charge on any atom is 0.164 e. The molecule has 0 aliphatic rings. The average molecular weight is 659 g/mol. The number of nitrogens with zero attached hydrogens (tertiary/aromatic N) is 4. The van der Waals surface area contributed by atoms with E-state index in [1.165, 1.54) is 30.9 Å². The second kappa shape index (κ2) is 11.6. The molecule has 0 N–H and O–H groups in total. The number of fused-ring (bicyclic) bond motifs is 6. The van der Waals surface area contributed by atoms with Gasteiger partial charge < -0.3 is 4.57 Å². The Morgan fingerprint density at radius 2 is 1.04 bits per heavy atom. The first-order valence-corrected chi connectivity index (χ1v) is 17.4. The van der Waals surface area contributed by atoms with Crippen LogP contribution in [-0.4, -0.2) is 19.5 Å². The summed E-state index contributed by atoms with van der Waals surface area (Å²) >= 11 is 1.83. The van der Waals surface area contributed by atoms with E-state index >= 15 is 0 Å². The highest BCUT2D eigenvalue weighted by atomic mass is 32.1. The lowest BCUT2D eigenvalue weighted by Gasteiger charge is -2.12. The molecule has 0 unspecified atom stereocenters. The second-order valence-corrected chi connectivity index (χ2v) is 13.4. The van der Waals surface area contributed by atoms with Crippen LogP contribution in [0, 0.1) is 0 Å². The van der Waals surface area contributed by atoms with E-state index in [2.05, 4.69) is 77.4 Å². The van der Waals surface area contributed by atoms with Crippen molar-refractivity contribution in [3.05, 3.63) is 170 Å². The molecule has 0 bridgehead atoms. The minimum atomic E-state index is 0.184. The molecule has 3 heterocycles. The van der Waals surface area contributed by atoms with E-state index in [0.717, 1.165) is 33.4 Å². The van der Waals surface area contributed by atoms with Gasteiger partial charge in [0.15, 0.2) is 17.5 Å². The topological polar surface area (TPSA) is 43.6 Å². The Morgan fingerprint density at radius 1 is 0.420 bits per heavy atom. The van der Waals surface area contributed by atoms with Crippen molar-refractivity contribution < 1.29 is 2.74 Å². The van der Waals surface area contributed by atoms with Crippen LogP contribution in [0.3, 0.4) is 0 Å². The number of para-hydroxylation sites is 1. The van der Waals surface area contributed by atoms with Gasteiger partial charge >= 0.3 is 0 Å². The van der Waals surface area contributed by atoms with E-state index in [-0.39, 0.29) is 12.1 Å². The van der Waals surface area contributed by atoms with Crippen LogP contribution in [0.1, 0.15) is 2.74 Å². The highest BCUT2D eigenvalue weighted by Gasteiger charge is 2.17. The Hall–Kier alpha value is -6.43. The van der Waals surface area contributed by atoms with Crippen LogP contribution in [0.15, 0.2) is 170 Å². The molecule has 3 aromatic heterocycles. The molecule has 0 fully saturated rings. The summed E-state index contributed by atoms with van der Waals surface area (Å²) in [6.45, 7) is 0. The van der Waals surface area contributed by atoms with Crippen molar-refractivity contribution in [2.24, 2.45) is 0 Å². The van der Waals surface area contributed by atoms with Gasteiger partial charge in [-0.15, -0.1) is 11.3 Å². The number of hydrogen-bond donors (Lipinski definition) is 0. The molecule has 5 heteroatoms. The van der Waals surface area contributed by atoms with Crippen LogP contribution >= 0.6 is 11.3 Å². The van der Waals surface area contributed by atoms with Crippen LogP contribution in [0.5, 0.6) is 0 Å². The molecule has 0 spiro atoms. The van der Waals surface area contributed by atoms with Crippen LogP contribution in [0.4, 0.5) is 0 Å². The van der Waals surface area contributed by atoms with Gasteiger partial charge in [-0.1, -0.05) is 127 Å². The lowest BCUT2D eigenvalue weighted by molar-refractivity contribution is 1.07. The standard InChI is InChI=1S/C45H28N4S/c1-3-13-29(14-4-1)43-46-44(30-15-5-2-6-16-30)48-45(47-43)33-19-11-17-31(25-33)32-18-12-20-34(26-32)49-39-23-9-7-21-35(39)37-28-42-38(27-40(37)49)36-22-8-10-24-41(36)50-42/h1-28H/i19D,25D. The number of aromatic nitrogens is 4. The van der Waals surface area contributed by atoms with E-state index in [1.807, 2.05) is 90.2 Å². The first-order chi connectivity index (χ1) is 25.6. The molecule has 0 aliphatic carbocycles. The van der Waals surface area contributed by atoms with E-state index < -0.39 is 0 Å². The molecule has 0 saturated carbocycles. The van der Waals surface area contributed by atoms with Crippen molar-refractivity contribution in [2.75, 3.05) is 0 Å². The zero-order chi connectivity index (χ0) is 34.8. The average Bonchev–Trinajstić information content (AvgIpc) is 3.72. The molecule has 0 atom stereocenters. The van der Waals surface area contributed by atoms with Crippen molar-refractivity contribution in [1.29, 1.82) is 0 Å². The highest BCUT2D eigenvalue weighted by Crippen LogP contribution is 2.41. The van der Waals surface area contributed by atoms with Gasteiger partial charge in [-0.2, -0.15) is 0 Å². The molecule has 7 aromatic carbocycles. The summed E-state index contributed by atoms with van der Waals surface area (Å²) in [5.74, 6) is 1.29. The fraction of sp³-hybridized carbons (Fsp3) is 0. The molecule has 0 saturated heterocycles. The summed E-state index contributed by atoms with van der Waals surface area (Å²) in [5, 5.41) is 4.92. The molecule has 0 radical (unpaired) electrons. The predicted molar refractivity (Wildman–Crippen MR) is 209 cm³/mol. The summed E-state index contributed by atoms with van der Waals surface area (Å²) in [6, 6.07) is 53.7. The zero-order valence-electron chi connectivity index (χ0n) is 28.7. The largest absolute Gasteiger partial charge is 0.309 e. The fourth-order valence-electron chi connectivity index (χ4n) is 6.91. The van der Waals surface area contributed by atoms with E-state index in [9.17, 15) is 1.37 Å². The third kappa shape index (κ3) is 4.79. The Kier molecular flexibility index (Phi) is 6.16. The van der Waals surface area contributed by atoms with Gasteiger partial charge in [-0.05, 0) is 53.6 Å². The van der Waals surface area contributed by atoms with Gasteiger partial charge in [-0.25, -0.2) is 15.0 Å². The third-order valence-corrected chi connectivity index (χ3v) is 10.4. The van der Waals surface area contributed by atoms with E-state index in [1.54, 1.807) is 6.07 Å². The zero-order valence-corrected chi connectivity index (χ0v) is 27.5. The molecule has 50 heavy (non-hydrogen) atoms. The molecule has 10 rings (SSSR count). The third-order valence-electron chi connectivity index (χ3n) is 9.25. The Balaban J connectivity index is 1.15. The number of hydrogen-bond acceptors (Lipinski definition) is 4. The molecular weight excluding hydrogens is 629 g/mol. The summed E-state index contributed by atoms with van der Waals surface area (Å²) in [7, 11) is 0. The summed E-state index contributed by atoms with van der Waals surface area (Å²) < 4.78 is 23.4. The molecule has 4 nitrogen and oxygen atoms in total. The van der Waals surface area contributed by atoms with Crippen LogP contribution < -0.4 is 0 Å². The van der Waals surface area contributed by atoms with Gasteiger partial charge in [-0.3, -0.25) is 0 Å². The maximum absolute atomic E-state index is 9.54. The van der Waals surface area contributed by atoms with Crippen molar-refractivity contribution in [1.82, 2.24) is 19.5 Å². The second-order valence-electron chi connectivity index (χ2n) is 12.3. The van der Waals surface area contributed by atoms with Gasteiger partial charge in [0, 0.05) is 53.3 Å². The van der Waals surface area contributed by atoms with Crippen molar-refractivity contribution >= 4 is 53.3 Å². The summed E-state index contributed by atoms with van der Waals surface area (Å²) in [6.07, 6.45) is 0. The first-order valence-electron chi connectivity index (χ1n) is 17.5. The van der Waals surface area contributed by atoms with Gasteiger partial charge in [0.25, 0.3) is 0 Å². The van der Waals surface area contributed by atoms with Crippen LogP contribution in [0.25, 0.3) is 93.0 Å². The smallest absolute Gasteiger partial charge is 0.164 e. The van der Waals surface area contributed by atoms with Crippen LogP contribution in [-0.2, 0) is 0 Å². The number of benzene rings is 7. The lowest BCUT2D eigenvalue weighted by atomic mass is 10.0. The Morgan fingerprint density at radius 3 is 1.80 bits per heavy atom. The minimum absolute atomic E-state index is 0.184. The van der Waals surface area contributed by atoms with Crippen molar-refractivity contribution in [2.45, 2.75) is 0 Å². The lowest BCUT2D eigenvalue weighted by Crippen LogP contribution is -2.00. The quantitative estimate of drug-likeness (QED) is 0.185. The predicted octanol–water partition coefficient (Wildman–Crippen LogP) is 12.0. The first kappa shape index (κ1) is 26.5. The molecule has 234 valence electrons. The highest BCUT2D eigenvalue weighted by molar-refractivity contribution is 7.25. The summed E-state index contributed by atoms with van der Waals surface area (Å²) in [5.41, 5.74) is 6.86. The molecule has 0 aliphatic heterocycles.